The maximum atomic E-state index is 13.5. The second kappa shape index (κ2) is 6.65. The van der Waals surface area contributed by atoms with Crippen molar-refractivity contribution in [2.24, 2.45) is 11.8 Å². The first-order valence-corrected chi connectivity index (χ1v) is 11.4. The molecule has 1 spiro atoms. The molecule has 1 aromatic heterocycles. The first-order chi connectivity index (χ1) is 14.2. The topological polar surface area (TPSA) is 87.7 Å². The number of rotatable bonds is 5. The molecule has 5 unspecified atom stereocenters. The van der Waals surface area contributed by atoms with Gasteiger partial charge in [-0.15, -0.1) is 11.3 Å². The van der Waals surface area contributed by atoms with Gasteiger partial charge in [0.15, 0.2) is 0 Å². The molecule has 4 aliphatic rings. The molecule has 1 aliphatic carbocycles. The van der Waals surface area contributed by atoms with Crippen molar-refractivity contribution in [1.82, 2.24) is 15.5 Å². The summed E-state index contributed by atoms with van der Waals surface area (Å²) >= 11 is 1.58. The van der Waals surface area contributed by atoms with Crippen LogP contribution in [0.2, 0.25) is 0 Å². The molecule has 1 aromatic rings. The van der Waals surface area contributed by atoms with E-state index >= 15 is 0 Å². The molecule has 8 heteroatoms. The molecule has 0 aromatic carbocycles. The van der Waals surface area contributed by atoms with Crippen LogP contribution in [0.25, 0.3) is 0 Å². The van der Waals surface area contributed by atoms with E-state index in [-0.39, 0.29) is 23.8 Å². The fraction of sp³-hybridized carbons (Fsp3) is 0.591. The largest absolute Gasteiger partial charge is 0.359 e. The summed E-state index contributed by atoms with van der Waals surface area (Å²) in [6, 6.07) is 3.22. The van der Waals surface area contributed by atoms with Gasteiger partial charge < -0.3 is 20.3 Å². The van der Waals surface area contributed by atoms with Crippen molar-refractivity contribution in [3.63, 3.8) is 0 Å². The lowest BCUT2D eigenvalue weighted by molar-refractivity contribution is -0.143. The Labute approximate surface area is 179 Å². The van der Waals surface area contributed by atoms with Gasteiger partial charge in [-0.25, -0.2) is 0 Å². The summed E-state index contributed by atoms with van der Waals surface area (Å²) in [5, 5.41) is 7.96. The highest BCUT2D eigenvalue weighted by molar-refractivity contribution is 7.09. The second-order valence-electron chi connectivity index (χ2n) is 9.71. The number of likely N-dealkylation sites (tertiary alicyclic amines) is 1. The summed E-state index contributed by atoms with van der Waals surface area (Å²) in [7, 11) is 0. The monoisotopic (exact) mass is 429 g/mol. The van der Waals surface area contributed by atoms with Gasteiger partial charge in [0.2, 0.25) is 17.7 Å². The molecule has 5 atom stereocenters. The molecule has 1 saturated carbocycles. The van der Waals surface area contributed by atoms with Crippen molar-refractivity contribution in [2.45, 2.75) is 69.5 Å². The van der Waals surface area contributed by atoms with Gasteiger partial charge in [0, 0.05) is 16.5 Å². The minimum absolute atomic E-state index is 0.0547. The van der Waals surface area contributed by atoms with E-state index in [1.54, 1.807) is 16.2 Å². The van der Waals surface area contributed by atoms with Gasteiger partial charge in [-0.1, -0.05) is 18.2 Å². The maximum Gasteiger partial charge on any atom is 0.246 e. The molecule has 5 rings (SSSR count). The number of nitrogens with one attached hydrogen (secondary N) is 2. The predicted molar refractivity (Wildman–Crippen MR) is 111 cm³/mol. The minimum atomic E-state index is -1.06. The van der Waals surface area contributed by atoms with E-state index in [0.717, 1.165) is 17.7 Å². The van der Waals surface area contributed by atoms with Crippen LogP contribution in [0.15, 0.2) is 29.7 Å². The molecule has 0 radical (unpaired) electrons. The van der Waals surface area contributed by atoms with E-state index < -0.39 is 35.1 Å². The standard InChI is InChI=1S/C22H27N3O4S/c1-21(2,3)24-19(27)17-22-9-8-14(29-22)15(16(22)20(28)25(17)12-6-7-12)18(26)23-11-13-5-4-10-30-13/h4-5,8-10,12,14-17H,6-7,11H2,1-3H3,(H,23,26)(H,24,27). The van der Waals surface area contributed by atoms with Crippen LogP contribution < -0.4 is 10.6 Å². The van der Waals surface area contributed by atoms with E-state index in [4.69, 9.17) is 4.74 Å². The van der Waals surface area contributed by atoms with Crippen LogP contribution in [0.3, 0.4) is 0 Å². The summed E-state index contributed by atoms with van der Waals surface area (Å²) in [6.07, 6.45) is 5.01. The average molecular weight is 430 g/mol. The van der Waals surface area contributed by atoms with E-state index in [9.17, 15) is 14.4 Å². The van der Waals surface area contributed by atoms with E-state index in [0.29, 0.717) is 6.54 Å². The predicted octanol–water partition coefficient (Wildman–Crippen LogP) is 1.59. The summed E-state index contributed by atoms with van der Waals surface area (Å²) in [6.45, 7) is 6.18. The van der Waals surface area contributed by atoms with E-state index in [1.807, 2.05) is 50.4 Å². The Morgan fingerprint density at radius 3 is 2.70 bits per heavy atom. The number of ether oxygens (including phenoxy) is 1. The van der Waals surface area contributed by atoms with Gasteiger partial charge >= 0.3 is 0 Å². The molecule has 30 heavy (non-hydrogen) atoms. The molecule has 3 amide bonds. The van der Waals surface area contributed by atoms with Crippen molar-refractivity contribution in [3.8, 4) is 0 Å². The Kier molecular flexibility index (Phi) is 4.38. The number of hydrogen-bond donors (Lipinski definition) is 2. The minimum Gasteiger partial charge on any atom is -0.359 e. The highest BCUT2D eigenvalue weighted by Gasteiger charge is 2.74. The number of amides is 3. The van der Waals surface area contributed by atoms with Crippen LogP contribution >= 0.6 is 11.3 Å². The van der Waals surface area contributed by atoms with E-state index in [1.165, 1.54) is 0 Å². The van der Waals surface area contributed by atoms with Crippen LogP contribution in [0.5, 0.6) is 0 Å². The SMILES string of the molecule is CC(C)(C)NC(=O)C1N(C2CC2)C(=O)C2C(C(=O)NCc3cccs3)C3C=CC21O3. The third kappa shape index (κ3) is 3.00. The van der Waals surface area contributed by atoms with Gasteiger partial charge in [-0.3, -0.25) is 14.4 Å². The summed E-state index contributed by atoms with van der Waals surface area (Å²) in [4.78, 5) is 42.7. The van der Waals surface area contributed by atoms with Crippen molar-refractivity contribution in [1.29, 1.82) is 0 Å². The molecule has 3 fully saturated rings. The molecule has 4 heterocycles. The molecular formula is C22H27N3O4S. The molecule has 160 valence electrons. The number of hydrogen-bond acceptors (Lipinski definition) is 5. The summed E-state index contributed by atoms with van der Waals surface area (Å²) in [5.74, 6) is -1.81. The Bertz CT molecular complexity index is 917. The van der Waals surface area contributed by atoms with E-state index in [2.05, 4.69) is 10.6 Å². The third-order valence-electron chi connectivity index (χ3n) is 6.32. The zero-order valence-electron chi connectivity index (χ0n) is 17.4. The third-order valence-corrected chi connectivity index (χ3v) is 7.19. The van der Waals surface area contributed by atoms with Gasteiger partial charge in [0.1, 0.15) is 11.6 Å². The number of fused-ring (bicyclic) bond motifs is 1. The molecule has 2 saturated heterocycles. The quantitative estimate of drug-likeness (QED) is 0.696. The van der Waals surface area contributed by atoms with Crippen LogP contribution in [0.4, 0.5) is 0 Å². The van der Waals surface area contributed by atoms with Crippen molar-refractivity contribution < 1.29 is 19.1 Å². The van der Waals surface area contributed by atoms with Gasteiger partial charge in [-0.05, 0) is 45.1 Å². The highest BCUT2D eigenvalue weighted by atomic mass is 32.1. The number of carbonyl (C=O) groups is 3. The Hall–Kier alpha value is -2.19. The Morgan fingerprint density at radius 2 is 2.07 bits per heavy atom. The van der Waals surface area contributed by atoms with Crippen LogP contribution in [0, 0.1) is 11.8 Å². The summed E-state index contributed by atoms with van der Waals surface area (Å²) in [5.41, 5.74) is -1.49. The van der Waals surface area contributed by atoms with Crippen molar-refractivity contribution in [3.05, 3.63) is 34.5 Å². The van der Waals surface area contributed by atoms with Crippen LogP contribution in [0.1, 0.15) is 38.5 Å². The zero-order chi connectivity index (χ0) is 21.3. The fourth-order valence-corrected chi connectivity index (χ4v) is 5.74. The lowest BCUT2D eigenvalue weighted by Gasteiger charge is -2.34. The number of carbonyl (C=O) groups excluding carboxylic acids is 3. The van der Waals surface area contributed by atoms with Gasteiger partial charge in [0.25, 0.3) is 0 Å². The van der Waals surface area contributed by atoms with Gasteiger partial charge in [0.05, 0.1) is 24.5 Å². The summed E-state index contributed by atoms with van der Waals surface area (Å²) < 4.78 is 6.29. The van der Waals surface area contributed by atoms with Crippen LogP contribution in [-0.2, 0) is 25.7 Å². The Morgan fingerprint density at radius 1 is 1.30 bits per heavy atom. The first-order valence-electron chi connectivity index (χ1n) is 10.5. The molecule has 3 aliphatic heterocycles. The number of thiophene rings is 1. The number of nitrogens with zero attached hydrogens (tertiary/aromatic N) is 1. The lowest BCUT2D eigenvalue weighted by atomic mass is 9.74. The van der Waals surface area contributed by atoms with Crippen molar-refractivity contribution in [2.75, 3.05) is 0 Å². The zero-order valence-corrected chi connectivity index (χ0v) is 18.2. The van der Waals surface area contributed by atoms with Crippen LogP contribution in [-0.4, -0.2) is 51.9 Å². The van der Waals surface area contributed by atoms with Gasteiger partial charge in [-0.2, -0.15) is 0 Å². The normalized spacial score (nSPS) is 34.4. The lowest BCUT2D eigenvalue weighted by Crippen LogP contribution is -2.58. The maximum absolute atomic E-state index is 13.5. The highest BCUT2D eigenvalue weighted by Crippen LogP contribution is 2.57. The second-order valence-corrected chi connectivity index (χ2v) is 10.7. The smallest absolute Gasteiger partial charge is 0.246 e. The van der Waals surface area contributed by atoms with Crippen molar-refractivity contribution >= 4 is 29.1 Å². The Balaban J connectivity index is 1.44. The first kappa shape index (κ1) is 19.8. The fourth-order valence-electron chi connectivity index (χ4n) is 5.10. The molecule has 2 bridgehead atoms. The molecular weight excluding hydrogens is 402 g/mol. The average Bonchev–Trinajstić information content (AvgIpc) is 3.05. The molecule has 7 nitrogen and oxygen atoms in total. The molecule has 2 N–H and O–H groups in total.